The number of hydrogen-bond acceptors (Lipinski definition) is 6. The summed E-state index contributed by atoms with van der Waals surface area (Å²) in [7, 11) is 2.94. The highest BCUT2D eigenvalue weighted by molar-refractivity contribution is 5.76. The number of carbonyl (C=O) groups is 1. The second-order valence-electron chi connectivity index (χ2n) is 6.17. The van der Waals surface area contributed by atoms with E-state index in [1.165, 1.54) is 18.7 Å². The van der Waals surface area contributed by atoms with Crippen molar-refractivity contribution >= 4 is 17.1 Å². The molecule has 0 atom stereocenters. The smallest absolute Gasteiger partial charge is 0.332 e. The highest BCUT2D eigenvalue weighted by atomic mass is 16.5. The number of fused-ring (bicyclic) bond motifs is 1. The number of aromatic nitrogens is 5. The number of imidazole rings is 1. The molecule has 0 unspecified atom stereocenters. The number of aryl methyl sites for hydroxylation is 3. The van der Waals surface area contributed by atoms with Gasteiger partial charge in [-0.3, -0.25) is 18.7 Å². The van der Waals surface area contributed by atoms with Gasteiger partial charge in [0, 0.05) is 26.1 Å². The summed E-state index contributed by atoms with van der Waals surface area (Å²) in [6.45, 7) is 3.78. The Labute approximate surface area is 147 Å². The molecule has 0 aliphatic heterocycles. The van der Waals surface area contributed by atoms with Crippen LogP contribution in [0.4, 0.5) is 0 Å². The van der Waals surface area contributed by atoms with Crippen LogP contribution in [0.25, 0.3) is 11.2 Å². The van der Waals surface area contributed by atoms with Gasteiger partial charge < -0.3 is 14.8 Å². The average molecular weight is 360 g/mol. The lowest BCUT2D eigenvalue weighted by molar-refractivity contribution is -0.121. The van der Waals surface area contributed by atoms with E-state index >= 15 is 0 Å². The van der Waals surface area contributed by atoms with Gasteiger partial charge in [0.2, 0.25) is 5.91 Å². The minimum absolute atomic E-state index is 0.131. The molecule has 0 saturated heterocycles. The fourth-order valence-corrected chi connectivity index (χ4v) is 2.83. The van der Waals surface area contributed by atoms with Crippen molar-refractivity contribution in [2.24, 2.45) is 14.1 Å². The fourth-order valence-electron chi connectivity index (χ4n) is 2.83. The summed E-state index contributed by atoms with van der Waals surface area (Å²) >= 11 is 0. The van der Waals surface area contributed by atoms with Crippen molar-refractivity contribution in [3.8, 4) is 0 Å². The molecule has 3 aromatic heterocycles. The van der Waals surface area contributed by atoms with E-state index in [2.05, 4.69) is 20.4 Å². The maximum Gasteiger partial charge on any atom is 0.332 e. The van der Waals surface area contributed by atoms with Crippen LogP contribution in [0.15, 0.2) is 14.1 Å². The topological polar surface area (TPSA) is 128 Å². The van der Waals surface area contributed by atoms with E-state index in [4.69, 9.17) is 4.52 Å². The standard InChI is InChI=1S/C16H20N6O4/c1-8-10(9(2)26-20-8)5-6-12(23)17-7-11-18-13-14(19-11)21(3)16(25)22(4)15(13)24/h5-7H2,1-4H3,(H,17,23)(H,18,19). The number of hydrogen-bond donors (Lipinski definition) is 2. The fraction of sp³-hybridized carbons (Fsp3) is 0.438. The minimum Gasteiger partial charge on any atom is -0.361 e. The Morgan fingerprint density at radius 2 is 1.96 bits per heavy atom. The van der Waals surface area contributed by atoms with Gasteiger partial charge in [-0.2, -0.15) is 0 Å². The van der Waals surface area contributed by atoms with Crippen LogP contribution < -0.4 is 16.6 Å². The van der Waals surface area contributed by atoms with Gasteiger partial charge in [-0.15, -0.1) is 0 Å². The van der Waals surface area contributed by atoms with E-state index in [1.54, 1.807) is 0 Å². The Morgan fingerprint density at radius 3 is 2.62 bits per heavy atom. The van der Waals surface area contributed by atoms with Crippen LogP contribution in [-0.4, -0.2) is 30.2 Å². The third kappa shape index (κ3) is 3.05. The zero-order valence-corrected chi connectivity index (χ0v) is 15.0. The number of carbonyl (C=O) groups excluding carboxylic acids is 1. The molecule has 0 aromatic carbocycles. The van der Waals surface area contributed by atoms with Crippen LogP contribution in [0.5, 0.6) is 0 Å². The van der Waals surface area contributed by atoms with Gasteiger partial charge >= 0.3 is 5.69 Å². The van der Waals surface area contributed by atoms with Crippen molar-refractivity contribution in [3.05, 3.63) is 43.7 Å². The van der Waals surface area contributed by atoms with Gasteiger partial charge in [0.05, 0.1) is 12.2 Å². The first-order valence-electron chi connectivity index (χ1n) is 8.12. The lowest BCUT2D eigenvalue weighted by Crippen LogP contribution is -2.36. The number of aromatic amines is 1. The molecule has 3 rings (SSSR count). The Kier molecular flexibility index (Phi) is 4.49. The Bertz CT molecular complexity index is 1080. The van der Waals surface area contributed by atoms with E-state index in [-0.39, 0.29) is 30.0 Å². The Hall–Kier alpha value is -3.17. The normalized spacial score (nSPS) is 11.2. The molecule has 0 radical (unpaired) electrons. The van der Waals surface area contributed by atoms with Crippen molar-refractivity contribution in [2.75, 3.05) is 0 Å². The van der Waals surface area contributed by atoms with Crippen LogP contribution in [0, 0.1) is 13.8 Å². The highest BCUT2D eigenvalue weighted by Gasteiger charge is 2.14. The molecule has 3 aromatic rings. The summed E-state index contributed by atoms with van der Waals surface area (Å²) < 4.78 is 7.37. The van der Waals surface area contributed by atoms with Crippen LogP contribution in [-0.2, 0) is 31.9 Å². The summed E-state index contributed by atoms with van der Waals surface area (Å²) in [5.41, 5.74) is 1.30. The number of H-pyrrole nitrogens is 1. The number of amides is 1. The van der Waals surface area contributed by atoms with Gasteiger partial charge in [0.1, 0.15) is 17.1 Å². The van der Waals surface area contributed by atoms with Crippen molar-refractivity contribution in [1.82, 2.24) is 29.6 Å². The van der Waals surface area contributed by atoms with Crippen LogP contribution in [0.1, 0.15) is 29.3 Å². The van der Waals surface area contributed by atoms with E-state index in [9.17, 15) is 14.4 Å². The molecule has 138 valence electrons. The number of nitrogens with one attached hydrogen (secondary N) is 2. The molecule has 10 heteroatoms. The summed E-state index contributed by atoms with van der Waals surface area (Å²) in [4.78, 5) is 43.2. The molecule has 0 spiro atoms. The molecular formula is C16H20N6O4. The van der Waals surface area contributed by atoms with Gasteiger partial charge in [-0.1, -0.05) is 5.16 Å². The molecule has 0 aliphatic rings. The van der Waals surface area contributed by atoms with Gasteiger partial charge in [-0.25, -0.2) is 9.78 Å². The van der Waals surface area contributed by atoms with Crippen LogP contribution in [0.3, 0.4) is 0 Å². The number of nitrogens with zero attached hydrogens (tertiary/aromatic N) is 4. The zero-order valence-electron chi connectivity index (χ0n) is 15.0. The summed E-state index contributed by atoms with van der Waals surface area (Å²) in [6, 6.07) is 0. The lowest BCUT2D eigenvalue weighted by atomic mass is 10.1. The van der Waals surface area contributed by atoms with Gasteiger partial charge in [-0.05, 0) is 20.3 Å². The summed E-state index contributed by atoms with van der Waals surface area (Å²) in [5, 5.41) is 6.61. The molecule has 0 bridgehead atoms. The maximum atomic E-state index is 12.1. The SMILES string of the molecule is Cc1noc(C)c1CCC(=O)NCc1nc2c([nH]1)c(=O)n(C)c(=O)n2C. The lowest BCUT2D eigenvalue weighted by Gasteiger charge is -2.03. The minimum atomic E-state index is -0.455. The molecule has 0 fully saturated rings. The molecule has 26 heavy (non-hydrogen) atoms. The summed E-state index contributed by atoms with van der Waals surface area (Å²) in [5.74, 6) is 0.959. The highest BCUT2D eigenvalue weighted by Crippen LogP contribution is 2.14. The van der Waals surface area contributed by atoms with Crippen molar-refractivity contribution in [1.29, 1.82) is 0 Å². The molecule has 3 heterocycles. The molecule has 1 amide bonds. The quantitative estimate of drug-likeness (QED) is 0.649. The molecule has 2 N–H and O–H groups in total. The largest absolute Gasteiger partial charge is 0.361 e. The monoisotopic (exact) mass is 360 g/mol. The molecular weight excluding hydrogens is 340 g/mol. The summed E-state index contributed by atoms with van der Waals surface area (Å²) in [6.07, 6.45) is 0.811. The number of rotatable bonds is 5. The maximum absolute atomic E-state index is 12.1. The first kappa shape index (κ1) is 17.6. The van der Waals surface area contributed by atoms with Crippen molar-refractivity contribution < 1.29 is 9.32 Å². The molecule has 10 nitrogen and oxygen atoms in total. The van der Waals surface area contributed by atoms with E-state index in [1.807, 2.05) is 13.8 Å². The third-order valence-corrected chi connectivity index (χ3v) is 4.38. The average Bonchev–Trinajstić information content (AvgIpc) is 3.18. The van der Waals surface area contributed by atoms with Crippen LogP contribution >= 0.6 is 0 Å². The van der Waals surface area contributed by atoms with E-state index in [0.29, 0.717) is 18.0 Å². The molecule has 0 aliphatic carbocycles. The predicted octanol–water partition coefficient (Wildman–Crippen LogP) is -0.186. The Morgan fingerprint density at radius 1 is 1.23 bits per heavy atom. The Balaban J connectivity index is 1.69. The predicted molar refractivity (Wildman–Crippen MR) is 92.7 cm³/mol. The van der Waals surface area contributed by atoms with E-state index in [0.717, 1.165) is 15.8 Å². The second-order valence-corrected chi connectivity index (χ2v) is 6.17. The van der Waals surface area contributed by atoms with Crippen molar-refractivity contribution in [2.45, 2.75) is 33.2 Å². The first-order valence-corrected chi connectivity index (χ1v) is 8.12. The second kappa shape index (κ2) is 6.62. The van der Waals surface area contributed by atoms with Gasteiger partial charge in [0.15, 0.2) is 5.65 Å². The molecule has 0 saturated carbocycles. The zero-order chi connectivity index (χ0) is 19.0. The van der Waals surface area contributed by atoms with Crippen LogP contribution in [0.2, 0.25) is 0 Å². The van der Waals surface area contributed by atoms with E-state index < -0.39 is 11.2 Å². The van der Waals surface area contributed by atoms with Gasteiger partial charge in [0.25, 0.3) is 5.56 Å². The van der Waals surface area contributed by atoms with Crippen molar-refractivity contribution in [3.63, 3.8) is 0 Å². The first-order chi connectivity index (χ1) is 12.3. The third-order valence-electron chi connectivity index (χ3n) is 4.38.